The Labute approximate surface area is 84.1 Å². The Morgan fingerprint density at radius 1 is 1.54 bits per heavy atom. The van der Waals surface area contributed by atoms with Crippen LogP contribution >= 0.6 is 12.4 Å². The summed E-state index contributed by atoms with van der Waals surface area (Å²) in [4.78, 5) is 4.00. The predicted molar refractivity (Wildman–Crippen MR) is 55.6 cm³/mol. The smallest absolute Gasteiger partial charge is 0.0989 e. The number of hydrogen-bond donors (Lipinski definition) is 1. The van der Waals surface area contributed by atoms with Crippen LogP contribution in [0.3, 0.4) is 0 Å². The van der Waals surface area contributed by atoms with Gasteiger partial charge in [-0.1, -0.05) is 0 Å². The minimum absolute atomic E-state index is 0. The van der Waals surface area contributed by atoms with E-state index in [0.29, 0.717) is 0 Å². The Balaban J connectivity index is 0.000000845. The summed E-state index contributed by atoms with van der Waals surface area (Å²) in [7, 11) is 0. The molecule has 13 heavy (non-hydrogen) atoms. The molecule has 0 spiro atoms. The quantitative estimate of drug-likeness (QED) is 0.748. The van der Waals surface area contributed by atoms with Gasteiger partial charge in [0.15, 0.2) is 0 Å². The summed E-state index contributed by atoms with van der Waals surface area (Å²) in [6, 6.07) is 0.233. The van der Waals surface area contributed by atoms with Crippen LogP contribution in [0.15, 0.2) is 24.8 Å². The second-order valence-electron chi connectivity index (χ2n) is 3.18. The van der Waals surface area contributed by atoms with E-state index < -0.39 is 0 Å². The van der Waals surface area contributed by atoms with Crippen LogP contribution in [-0.4, -0.2) is 15.6 Å². The number of nitrogens with two attached hydrogens (primary N) is 1. The first-order valence-corrected chi connectivity index (χ1v) is 4.31. The molecule has 0 aromatic carbocycles. The van der Waals surface area contributed by atoms with E-state index in [-0.39, 0.29) is 18.4 Å². The highest BCUT2D eigenvalue weighted by molar-refractivity contribution is 5.85. The number of hydrogen-bond acceptors (Lipinski definition) is 2. The van der Waals surface area contributed by atoms with Crippen LogP contribution in [0.4, 0.5) is 0 Å². The van der Waals surface area contributed by atoms with Crippen LogP contribution in [0.1, 0.15) is 19.3 Å². The predicted octanol–water partition coefficient (Wildman–Crippen LogP) is 1.66. The lowest BCUT2D eigenvalue weighted by Gasteiger charge is -2.17. The van der Waals surface area contributed by atoms with Gasteiger partial charge < -0.3 is 10.3 Å². The molecule has 1 aromatic heterocycles. The molecule has 0 saturated heterocycles. The molecule has 2 rings (SSSR count). The topological polar surface area (TPSA) is 43.8 Å². The van der Waals surface area contributed by atoms with Gasteiger partial charge in [-0.3, -0.25) is 0 Å². The Kier molecular flexibility index (Phi) is 3.51. The zero-order chi connectivity index (χ0) is 8.39. The van der Waals surface area contributed by atoms with Crippen molar-refractivity contribution in [2.45, 2.75) is 25.3 Å². The average Bonchev–Trinajstić information content (AvgIpc) is 2.56. The van der Waals surface area contributed by atoms with Gasteiger partial charge in [-0.05, 0) is 25.3 Å². The van der Waals surface area contributed by atoms with Crippen molar-refractivity contribution in [1.82, 2.24) is 9.55 Å². The van der Waals surface area contributed by atoms with Gasteiger partial charge in [0.1, 0.15) is 0 Å². The maximum Gasteiger partial charge on any atom is 0.0989 e. The first-order valence-electron chi connectivity index (χ1n) is 4.31. The second-order valence-corrected chi connectivity index (χ2v) is 3.18. The number of nitrogens with zero attached hydrogens (tertiary/aromatic N) is 2. The first-order chi connectivity index (χ1) is 5.86. The van der Waals surface area contributed by atoms with Gasteiger partial charge in [-0.25, -0.2) is 4.98 Å². The van der Waals surface area contributed by atoms with E-state index in [2.05, 4.69) is 11.1 Å². The Bertz CT molecular complexity index is 279. The van der Waals surface area contributed by atoms with Crippen LogP contribution in [0.2, 0.25) is 0 Å². The van der Waals surface area contributed by atoms with Gasteiger partial charge in [0.25, 0.3) is 0 Å². The fourth-order valence-electron chi connectivity index (χ4n) is 1.58. The van der Waals surface area contributed by atoms with E-state index in [9.17, 15) is 0 Å². The van der Waals surface area contributed by atoms with Crippen LogP contribution in [0.5, 0.6) is 0 Å². The minimum Gasteiger partial charge on any atom is -0.324 e. The molecule has 3 nitrogen and oxygen atoms in total. The van der Waals surface area contributed by atoms with Crippen LogP contribution < -0.4 is 5.73 Å². The molecule has 0 amide bonds. The van der Waals surface area contributed by atoms with Gasteiger partial charge in [0.05, 0.1) is 6.33 Å². The lowest BCUT2D eigenvalue weighted by atomic mass is 10.0. The van der Waals surface area contributed by atoms with E-state index in [1.54, 1.807) is 6.20 Å². The molecule has 1 aliphatic carbocycles. The lowest BCUT2D eigenvalue weighted by molar-refractivity contribution is 0.639. The number of aromatic nitrogens is 2. The van der Waals surface area contributed by atoms with Crippen molar-refractivity contribution < 1.29 is 0 Å². The summed E-state index contributed by atoms with van der Waals surface area (Å²) in [5.41, 5.74) is 7.10. The molecule has 0 bridgehead atoms. The Morgan fingerprint density at radius 3 is 3.00 bits per heavy atom. The molecule has 0 saturated carbocycles. The van der Waals surface area contributed by atoms with E-state index in [1.807, 2.05) is 17.1 Å². The largest absolute Gasteiger partial charge is 0.324 e. The number of halogens is 1. The summed E-state index contributed by atoms with van der Waals surface area (Å²) in [6.45, 7) is 0. The molecule has 1 unspecified atom stereocenters. The highest BCUT2D eigenvalue weighted by Crippen LogP contribution is 2.20. The maximum atomic E-state index is 5.82. The van der Waals surface area contributed by atoms with Crippen molar-refractivity contribution in [2.75, 3.05) is 0 Å². The van der Waals surface area contributed by atoms with E-state index in [1.165, 1.54) is 12.1 Å². The molecular formula is C9H14ClN3. The van der Waals surface area contributed by atoms with Gasteiger partial charge in [0.2, 0.25) is 0 Å². The first kappa shape index (κ1) is 10.3. The zero-order valence-electron chi connectivity index (χ0n) is 7.39. The van der Waals surface area contributed by atoms with Crippen molar-refractivity contribution >= 4 is 18.1 Å². The fourth-order valence-corrected chi connectivity index (χ4v) is 1.58. The van der Waals surface area contributed by atoms with Gasteiger partial charge in [-0.2, -0.15) is 0 Å². The van der Waals surface area contributed by atoms with E-state index >= 15 is 0 Å². The molecule has 1 aromatic rings. The minimum atomic E-state index is 0. The SMILES string of the molecule is Cl.NC1C=C(n2ccnc2)CCC1. The number of rotatable bonds is 1. The molecule has 4 heteroatoms. The molecule has 0 fully saturated rings. The highest BCUT2D eigenvalue weighted by Gasteiger charge is 2.10. The van der Waals surface area contributed by atoms with Crippen molar-refractivity contribution in [2.24, 2.45) is 5.73 Å². The molecule has 1 heterocycles. The normalized spacial score (nSPS) is 21.9. The Morgan fingerprint density at radius 2 is 2.38 bits per heavy atom. The third-order valence-corrected chi connectivity index (χ3v) is 2.21. The lowest BCUT2D eigenvalue weighted by Crippen LogP contribution is -2.21. The fraction of sp³-hybridized carbons (Fsp3) is 0.444. The van der Waals surface area contributed by atoms with Crippen LogP contribution in [0, 0.1) is 0 Å². The molecule has 2 N–H and O–H groups in total. The van der Waals surface area contributed by atoms with Crippen LogP contribution in [0.25, 0.3) is 5.70 Å². The van der Waals surface area contributed by atoms with Gasteiger partial charge in [0, 0.05) is 24.1 Å². The van der Waals surface area contributed by atoms with E-state index in [0.717, 1.165) is 12.8 Å². The Hall–Kier alpha value is -0.800. The average molecular weight is 200 g/mol. The summed E-state index contributed by atoms with van der Waals surface area (Å²) < 4.78 is 2.04. The standard InChI is InChI=1S/C9H13N3.ClH/c10-8-2-1-3-9(6-8)12-5-4-11-7-12;/h4-8H,1-3,10H2;1H. The van der Waals surface area contributed by atoms with Gasteiger partial charge >= 0.3 is 0 Å². The van der Waals surface area contributed by atoms with Crippen molar-refractivity contribution in [3.8, 4) is 0 Å². The molecule has 1 aliphatic rings. The third-order valence-electron chi connectivity index (χ3n) is 2.21. The summed E-state index contributed by atoms with van der Waals surface area (Å²) in [5, 5.41) is 0. The van der Waals surface area contributed by atoms with Crippen LogP contribution in [-0.2, 0) is 0 Å². The monoisotopic (exact) mass is 199 g/mol. The zero-order valence-corrected chi connectivity index (χ0v) is 8.20. The number of allylic oxidation sites excluding steroid dienone is 1. The van der Waals surface area contributed by atoms with Crippen molar-refractivity contribution in [1.29, 1.82) is 0 Å². The van der Waals surface area contributed by atoms with Gasteiger partial charge in [-0.15, -0.1) is 12.4 Å². The third kappa shape index (κ3) is 2.32. The molecule has 72 valence electrons. The maximum absolute atomic E-state index is 5.82. The van der Waals surface area contributed by atoms with E-state index in [4.69, 9.17) is 5.73 Å². The molecular weight excluding hydrogens is 186 g/mol. The molecule has 0 aliphatic heterocycles. The van der Waals surface area contributed by atoms with Crippen molar-refractivity contribution in [3.05, 3.63) is 24.8 Å². The second kappa shape index (κ2) is 4.44. The summed E-state index contributed by atoms with van der Waals surface area (Å²) in [6.07, 6.45) is 11.1. The summed E-state index contributed by atoms with van der Waals surface area (Å²) in [5.74, 6) is 0. The summed E-state index contributed by atoms with van der Waals surface area (Å²) >= 11 is 0. The molecule has 1 atom stereocenters. The van der Waals surface area contributed by atoms with Crippen molar-refractivity contribution in [3.63, 3.8) is 0 Å². The number of imidazole rings is 1. The molecule has 0 radical (unpaired) electrons. The highest BCUT2D eigenvalue weighted by atomic mass is 35.5.